The second kappa shape index (κ2) is 5.43. The number of ether oxygens (including phenoxy) is 1. The molecule has 2 atom stereocenters. The van der Waals surface area contributed by atoms with Crippen molar-refractivity contribution in [1.29, 1.82) is 0 Å². The highest BCUT2D eigenvalue weighted by molar-refractivity contribution is 6.31. The monoisotopic (exact) mass is 286 g/mol. The van der Waals surface area contributed by atoms with Crippen molar-refractivity contribution < 1.29 is 9.84 Å². The van der Waals surface area contributed by atoms with E-state index < -0.39 is 5.60 Å². The van der Waals surface area contributed by atoms with Gasteiger partial charge in [0, 0.05) is 26.5 Å². The van der Waals surface area contributed by atoms with Crippen LogP contribution in [0.1, 0.15) is 38.1 Å². The Labute approximate surface area is 119 Å². The van der Waals surface area contributed by atoms with E-state index in [-0.39, 0.29) is 6.10 Å². The molecule has 0 radical (unpaired) electrons. The van der Waals surface area contributed by atoms with Gasteiger partial charge in [0.25, 0.3) is 0 Å². The summed E-state index contributed by atoms with van der Waals surface area (Å²) in [7, 11) is 1.87. The fraction of sp³-hybridized carbons (Fsp3) is 0.786. The summed E-state index contributed by atoms with van der Waals surface area (Å²) in [6, 6.07) is 0. The van der Waals surface area contributed by atoms with E-state index in [1.54, 1.807) is 4.68 Å². The summed E-state index contributed by atoms with van der Waals surface area (Å²) in [5, 5.41) is 15.8. The average Bonchev–Trinajstić information content (AvgIpc) is 2.56. The minimum absolute atomic E-state index is 0.117. The smallest absolute Gasteiger partial charge is 0.0848 e. The molecule has 5 heteroatoms. The summed E-state index contributed by atoms with van der Waals surface area (Å²) in [6.07, 6.45) is 1.96. The Bertz CT molecular complexity index is 459. The highest BCUT2D eigenvalue weighted by Gasteiger charge is 2.37. The van der Waals surface area contributed by atoms with Gasteiger partial charge in [-0.15, -0.1) is 0 Å². The molecule has 0 aromatic carbocycles. The lowest BCUT2D eigenvalue weighted by atomic mass is 9.83. The Morgan fingerprint density at radius 1 is 1.58 bits per heavy atom. The Hall–Kier alpha value is -0.580. The van der Waals surface area contributed by atoms with Crippen LogP contribution < -0.4 is 0 Å². The zero-order valence-electron chi connectivity index (χ0n) is 12.1. The van der Waals surface area contributed by atoms with Crippen LogP contribution in [0.25, 0.3) is 0 Å². The van der Waals surface area contributed by atoms with Gasteiger partial charge in [0.15, 0.2) is 0 Å². The molecule has 1 aromatic heterocycles. The Morgan fingerprint density at radius 2 is 2.26 bits per heavy atom. The van der Waals surface area contributed by atoms with E-state index >= 15 is 0 Å². The second-order valence-corrected chi connectivity index (χ2v) is 6.36. The Kier molecular flexibility index (Phi) is 4.23. The highest BCUT2D eigenvalue weighted by Crippen LogP contribution is 2.33. The molecule has 108 valence electrons. The Balaban J connectivity index is 2.16. The van der Waals surface area contributed by atoms with Gasteiger partial charge in [0.1, 0.15) is 0 Å². The van der Waals surface area contributed by atoms with Gasteiger partial charge in [0.05, 0.1) is 28.1 Å². The van der Waals surface area contributed by atoms with E-state index in [2.05, 4.69) is 18.9 Å². The molecule has 19 heavy (non-hydrogen) atoms. The van der Waals surface area contributed by atoms with Crippen molar-refractivity contribution in [1.82, 2.24) is 9.78 Å². The summed E-state index contributed by atoms with van der Waals surface area (Å²) in [6.45, 7) is 6.74. The number of aliphatic hydroxyl groups is 1. The maximum atomic E-state index is 10.8. The van der Waals surface area contributed by atoms with Gasteiger partial charge in [-0.2, -0.15) is 5.10 Å². The van der Waals surface area contributed by atoms with Crippen LogP contribution in [0.4, 0.5) is 0 Å². The largest absolute Gasteiger partial charge is 0.389 e. The maximum Gasteiger partial charge on any atom is 0.0848 e. The van der Waals surface area contributed by atoms with Crippen LogP contribution in [0.5, 0.6) is 0 Å². The fourth-order valence-electron chi connectivity index (χ4n) is 2.71. The van der Waals surface area contributed by atoms with Crippen LogP contribution in [0.15, 0.2) is 0 Å². The molecule has 0 amide bonds. The summed E-state index contributed by atoms with van der Waals surface area (Å²) < 4.78 is 7.50. The van der Waals surface area contributed by atoms with Crippen molar-refractivity contribution in [3.05, 3.63) is 16.4 Å². The quantitative estimate of drug-likeness (QED) is 0.929. The number of halogens is 1. The zero-order valence-corrected chi connectivity index (χ0v) is 12.9. The molecule has 1 fully saturated rings. The molecular weight excluding hydrogens is 264 g/mol. The molecule has 4 nitrogen and oxygen atoms in total. The van der Waals surface area contributed by atoms with Crippen LogP contribution >= 0.6 is 11.6 Å². The van der Waals surface area contributed by atoms with Crippen LogP contribution in [-0.2, 0) is 18.2 Å². The van der Waals surface area contributed by atoms with Crippen LogP contribution in [0.2, 0.25) is 5.02 Å². The van der Waals surface area contributed by atoms with Gasteiger partial charge in [-0.05, 0) is 19.3 Å². The van der Waals surface area contributed by atoms with Crippen molar-refractivity contribution in [3.8, 4) is 0 Å². The highest BCUT2D eigenvalue weighted by atomic mass is 35.5. The normalized spacial score (nSPS) is 28.1. The molecule has 0 spiro atoms. The lowest BCUT2D eigenvalue weighted by Crippen LogP contribution is -2.44. The van der Waals surface area contributed by atoms with E-state index in [9.17, 15) is 5.11 Å². The number of hydrogen-bond acceptors (Lipinski definition) is 3. The second-order valence-electron chi connectivity index (χ2n) is 5.98. The predicted molar refractivity (Wildman–Crippen MR) is 75.4 cm³/mol. The molecule has 1 aromatic rings. The lowest BCUT2D eigenvalue weighted by molar-refractivity contribution is -0.117. The van der Waals surface area contributed by atoms with Crippen molar-refractivity contribution in [2.24, 2.45) is 13.0 Å². The minimum atomic E-state index is -0.739. The fourth-order valence-corrected chi connectivity index (χ4v) is 2.94. The molecule has 2 rings (SSSR count). The topological polar surface area (TPSA) is 47.3 Å². The van der Waals surface area contributed by atoms with Gasteiger partial charge < -0.3 is 9.84 Å². The summed E-state index contributed by atoms with van der Waals surface area (Å²) in [4.78, 5) is 0. The molecule has 1 aliphatic rings. The third kappa shape index (κ3) is 3.12. The molecule has 0 saturated carbocycles. The molecule has 1 saturated heterocycles. The maximum absolute atomic E-state index is 10.8. The minimum Gasteiger partial charge on any atom is -0.389 e. The number of nitrogens with zero attached hydrogens (tertiary/aromatic N) is 2. The first kappa shape index (κ1) is 14.8. The van der Waals surface area contributed by atoms with Crippen LogP contribution in [0.3, 0.4) is 0 Å². The van der Waals surface area contributed by atoms with Crippen LogP contribution in [0, 0.1) is 12.8 Å². The number of hydrogen-bond donors (Lipinski definition) is 1. The first-order valence-corrected chi connectivity index (χ1v) is 7.22. The summed E-state index contributed by atoms with van der Waals surface area (Å²) in [5.41, 5.74) is 0.984. The zero-order chi connectivity index (χ0) is 14.2. The first-order valence-electron chi connectivity index (χ1n) is 6.84. The van der Waals surface area contributed by atoms with Gasteiger partial charge in [-0.3, -0.25) is 4.68 Å². The van der Waals surface area contributed by atoms with Crippen molar-refractivity contribution in [2.75, 3.05) is 6.61 Å². The lowest BCUT2D eigenvalue weighted by Gasteiger charge is -2.38. The van der Waals surface area contributed by atoms with Crippen molar-refractivity contribution in [3.63, 3.8) is 0 Å². The van der Waals surface area contributed by atoms with Crippen molar-refractivity contribution >= 4 is 11.6 Å². The molecule has 0 aliphatic carbocycles. The number of aryl methyl sites for hydroxylation is 2. The Morgan fingerprint density at radius 3 is 2.79 bits per heavy atom. The average molecular weight is 287 g/mol. The first-order chi connectivity index (χ1) is 8.82. The standard InChI is InChI=1S/C14H23ClN2O2/c1-9(2)12-8-14(18,5-6-19-12)7-11-13(15)10(3)16-17(11)4/h9,12,18H,5-8H2,1-4H3. The molecule has 2 heterocycles. The predicted octanol–water partition coefficient (Wildman–Crippen LogP) is 2.49. The van der Waals surface area contributed by atoms with E-state index in [1.165, 1.54) is 0 Å². The molecule has 1 aliphatic heterocycles. The van der Waals surface area contributed by atoms with Gasteiger partial charge >= 0.3 is 0 Å². The molecular formula is C14H23ClN2O2. The number of aromatic nitrogens is 2. The molecule has 0 bridgehead atoms. The van der Waals surface area contributed by atoms with E-state index in [1.807, 2.05) is 14.0 Å². The molecule has 2 unspecified atom stereocenters. The summed E-state index contributed by atoms with van der Waals surface area (Å²) >= 11 is 6.27. The summed E-state index contributed by atoms with van der Waals surface area (Å²) in [5.74, 6) is 0.413. The van der Waals surface area contributed by atoms with Gasteiger partial charge in [-0.1, -0.05) is 25.4 Å². The third-order valence-electron chi connectivity index (χ3n) is 3.98. The van der Waals surface area contributed by atoms with Gasteiger partial charge in [-0.25, -0.2) is 0 Å². The third-order valence-corrected chi connectivity index (χ3v) is 4.47. The van der Waals surface area contributed by atoms with Crippen LogP contribution in [-0.4, -0.2) is 33.2 Å². The van der Waals surface area contributed by atoms with E-state index in [0.29, 0.717) is 36.8 Å². The molecule has 1 N–H and O–H groups in total. The number of rotatable bonds is 3. The van der Waals surface area contributed by atoms with E-state index in [0.717, 1.165) is 11.4 Å². The van der Waals surface area contributed by atoms with Gasteiger partial charge in [0.2, 0.25) is 0 Å². The SMILES string of the molecule is Cc1nn(C)c(CC2(O)CCOC(C(C)C)C2)c1Cl. The van der Waals surface area contributed by atoms with E-state index in [4.69, 9.17) is 16.3 Å². The van der Waals surface area contributed by atoms with Crippen molar-refractivity contribution in [2.45, 2.75) is 51.7 Å².